The summed E-state index contributed by atoms with van der Waals surface area (Å²) in [7, 11) is 0. The molecule has 0 aromatic carbocycles. The molecule has 0 bridgehead atoms. The Balaban J connectivity index is 1.56. The Kier molecular flexibility index (Phi) is 6.42. The van der Waals surface area contributed by atoms with Gasteiger partial charge in [-0.2, -0.15) is 0 Å². The van der Waals surface area contributed by atoms with Gasteiger partial charge in [0.05, 0.1) is 11.4 Å². The van der Waals surface area contributed by atoms with Crippen molar-refractivity contribution in [2.75, 3.05) is 31.1 Å². The number of anilines is 1. The summed E-state index contributed by atoms with van der Waals surface area (Å²) in [6.45, 7) is 2.53. The molecule has 1 aliphatic rings. The fourth-order valence-electron chi connectivity index (χ4n) is 2.70. The van der Waals surface area contributed by atoms with Crippen molar-refractivity contribution < 1.29 is 14.8 Å². The van der Waals surface area contributed by atoms with E-state index in [9.17, 15) is 9.59 Å². The van der Waals surface area contributed by atoms with Crippen molar-refractivity contribution >= 4 is 29.9 Å². The fraction of sp³-hybridized carbons (Fsp3) is 0.211. The van der Waals surface area contributed by atoms with Crippen molar-refractivity contribution in [1.29, 1.82) is 0 Å². The number of nitrogens with one attached hydrogen (secondary N) is 1. The molecule has 0 unspecified atom stereocenters. The number of carbonyl (C=O) groups excluding carboxylic acids is 2. The summed E-state index contributed by atoms with van der Waals surface area (Å²) < 4.78 is 0. The normalized spacial score (nSPS) is 14.6. The lowest BCUT2D eigenvalue weighted by atomic mass is 10.2. The van der Waals surface area contributed by atoms with E-state index in [2.05, 4.69) is 15.0 Å². The SMILES string of the molecule is O=C(/C=C/c1cccc(/C=C/C(=O)N2CCN(c3ncccn3)CC2)n1)NO. The maximum atomic E-state index is 12.4. The van der Waals surface area contributed by atoms with E-state index in [1.807, 2.05) is 4.90 Å². The van der Waals surface area contributed by atoms with Crippen LogP contribution in [0.3, 0.4) is 0 Å². The number of amides is 2. The minimum absolute atomic E-state index is 0.0870. The van der Waals surface area contributed by atoms with Gasteiger partial charge >= 0.3 is 0 Å². The van der Waals surface area contributed by atoms with Gasteiger partial charge in [0.25, 0.3) is 5.91 Å². The topological polar surface area (TPSA) is 112 Å². The average molecular weight is 380 g/mol. The summed E-state index contributed by atoms with van der Waals surface area (Å²) in [5.41, 5.74) is 2.64. The summed E-state index contributed by atoms with van der Waals surface area (Å²) in [5.74, 6) is -0.0527. The first kappa shape index (κ1) is 19.2. The lowest BCUT2D eigenvalue weighted by molar-refractivity contribution is -0.126. The first-order chi connectivity index (χ1) is 13.7. The number of aromatic nitrogens is 3. The largest absolute Gasteiger partial charge is 0.337 e. The summed E-state index contributed by atoms with van der Waals surface area (Å²) in [4.78, 5) is 40.0. The number of nitrogens with zero attached hydrogens (tertiary/aromatic N) is 5. The molecule has 0 aliphatic carbocycles. The lowest BCUT2D eigenvalue weighted by Crippen LogP contribution is -2.48. The third-order valence-electron chi connectivity index (χ3n) is 4.13. The third kappa shape index (κ3) is 5.21. The molecule has 144 valence electrons. The summed E-state index contributed by atoms with van der Waals surface area (Å²) in [6.07, 6.45) is 9.17. The maximum absolute atomic E-state index is 12.4. The van der Waals surface area contributed by atoms with Crippen molar-refractivity contribution in [3.63, 3.8) is 0 Å². The Morgan fingerprint density at radius 2 is 1.61 bits per heavy atom. The molecule has 0 saturated carbocycles. The van der Waals surface area contributed by atoms with Crippen LogP contribution in [0.5, 0.6) is 0 Å². The fourth-order valence-corrected chi connectivity index (χ4v) is 2.70. The molecule has 2 aromatic heterocycles. The number of carbonyl (C=O) groups is 2. The predicted octanol–water partition coefficient (Wildman–Crippen LogP) is 0.752. The summed E-state index contributed by atoms with van der Waals surface area (Å²) in [6, 6.07) is 7.02. The average Bonchev–Trinajstić information content (AvgIpc) is 2.76. The van der Waals surface area contributed by atoms with Crippen LogP contribution in [0.2, 0.25) is 0 Å². The minimum atomic E-state index is -0.641. The number of hydroxylamine groups is 1. The molecular weight excluding hydrogens is 360 g/mol. The number of hydrogen-bond donors (Lipinski definition) is 2. The Morgan fingerprint density at radius 3 is 2.25 bits per heavy atom. The van der Waals surface area contributed by atoms with Crippen LogP contribution in [0.15, 0.2) is 48.8 Å². The highest BCUT2D eigenvalue weighted by molar-refractivity contribution is 5.92. The highest BCUT2D eigenvalue weighted by atomic mass is 16.5. The molecule has 1 saturated heterocycles. The van der Waals surface area contributed by atoms with Gasteiger partial charge < -0.3 is 9.80 Å². The molecule has 3 rings (SSSR count). The molecule has 2 N–H and O–H groups in total. The summed E-state index contributed by atoms with van der Waals surface area (Å²) >= 11 is 0. The van der Waals surface area contributed by atoms with Gasteiger partial charge in [-0.3, -0.25) is 14.8 Å². The number of pyridine rings is 1. The number of rotatable bonds is 5. The quantitative estimate of drug-likeness (QED) is 0.447. The first-order valence-corrected chi connectivity index (χ1v) is 8.74. The smallest absolute Gasteiger partial charge is 0.267 e. The van der Waals surface area contributed by atoms with Gasteiger partial charge in [0, 0.05) is 50.7 Å². The van der Waals surface area contributed by atoms with Crippen LogP contribution in [-0.4, -0.2) is 63.1 Å². The van der Waals surface area contributed by atoms with Crippen molar-refractivity contribution in [3.05, 3.63) is 60.2 Å². The van der Waals surface area contributed by atoms with Crippen LogP contribution in [0.1, 0.15) is 11.4 Å². The van der Waals surface area contributed by atoms with Crippen LogP contribution >= 0.6 is 0 Å². The van der Waals surface area contributed by atoms with Crippen molar-refractivity contribution in [2.45, 2.75) is 0 Å². The Morgan fingerprint density at radius 1 is 0.964 bits per heavy atom. The predicted molar refractivity (Wildman–Crippen MR) is 103 cm³/mol. The molecule has 9 heteroatoms. The van der Waals surface area contributed by atoms with Crippen LogP contribution < -0.4 is 10.4 Å². The van der Waals surface area contributed by atoms with Crippen molar-refractivity contribution in [1.82, 2.24) is 25.3 Å². The molecule has 0 atom stereocenters. The van der Waals surface area contributed by atoms with Crippen LogP contribution in [-0.2, 0) is 9.59 Å². The molecule has 9 nitrogen and oxygen atoms in total. The van der Waals surface area contributed by atoms with Crippen molar-refractivity contribution in [3.8, 4) is 0 Å². The highest BCUT2D eigenvalue weighted by Gasteiger charge is 2.20. The van der Waals surface area contributed by atoms with Crippen LogP contribution in [0.25, 0.3) is 12.2 Å². The van der Waals surface area contributed by atoms with Gasteiger partial charge in [0.15, 0.2) is 0 Å². The first-order valence-electron chi connectivity index (χ1n) is 8.74. The Bertz CT molecular complexity index is 876. The molecule has 28 heavy (non-hydrogen) atoms. The molecule has 2 amide bonds. The van der Waals surface area contributed by atoms with Gasteiger partial charge in [-0.25, -0.2) is 20.4 Å². The standard InChI is InChI=1S/C19H20N6O3/c26-17(23-28)7-5-15-3-1-4-16(22-15)6-8-18(27)24-11-13-25(14-12-24)19-20-9-2-10-21-19/h1-10,28H,11-14H2,(H,23,26)/b7-5+,8-6+. The van der Waals surface area contributed by atoms with Crippen LogP contribution in [0, 0.1) is 0 Å². The maximum Gasteiger partial charge on any atom is 0.267 e. The Hall–Kier alpha value is -3.59. The summed E-state index contributed by atoms with van der Waals surface area (Å²) in [5, 5.41) is 8.48. The van der Waals surface area contributed by atoms with E-state index in [0.29, 0.717) is 43.5 Å². The van der Waals surface area contributed by atoms with Gasteiger partial charge in [0.1, 0.15) is 0 Å². The van der Waals surface area contributed by atoms with Crippen LogP contribution in [0.4, 0.5) is 5.95 Å². The van der Waals surface area contributed by atoms with Gasteiger partial charge in [-0.05, 0) is 30.4 Å². The number of piperazine rings is 1. The molecule has 3 heterocycles. The number of hydrogen-bond acceptors (Lipinski definition) is 7. The van der Waals surface area contributed by atoms with E-state index in [1.165, 1.54) is 17.6 Å². The van der Waals surface area contributed by atoms with E-state index >= 15 is 0 Å². The van der Waals surface area contributed by atoms with E-state index in [-0.39, 0.29) is 5.91 Å². The molecule has 1 aliphatic heterocycles. The Labute approximate surface area is 162 Å². The van der Waals surface area contributed by atoms with Gasteiger partial charge in [0.2, 0.25) is 11.9 Å². The lowest BCUT2D eigenvalue weighted by Gasteiger charge is -2.34. The zero-order valence-corrected chi connectivity index (χ0v) is 15.1. The molecule has 2 aromatic rings. The van der Waals surface area contributed by atoms with Crippen molar-refractivity contribution in [2.24, 2.45) is 0 Å². The highest BCUT2D eigenvalue weighted by Crippen LogP contribution is 2.10. The van der Waals surface area contributed by atoms with E-state index in [1.54, 1.807) is 47.6 Å². The molecular formula is C19H20N6O3. The van der Waals surface area contributed by atoms with E-state index in [4.69, 9.17) is 5.21 Å². The van der Waals surface area contributed by atoms with E-state index < -0.39 is 5.91 Å². The zero-order valence-electron chi connectivity index (χ0n) is 15.1. The molecule has 1 fully saturated rings. The zero-order chi connectivity index (χ0) is 19.8. The van der Waals surface area contributed by atoms with Gasteiger partial charge in [-0.1, -0.05) is 6.07 Å². The monoisotopic (exact) mass is 380 g/mol. The molecule has 0 spiro atoms. The van der Waals surface area contributed by atoms with Gasteiger partial charge in [-0.15, -0.1) is 0 Å². The van der Waals surface area contributed by atoms with E-state index in [0.717, 1.165) is 6.08 Å². The molecule has 0 radical (unpaired) electrons. The second-order valence-electron chi connectivity index (χ2n) is 5.99. The minimum Gasteiger partial charge on any atom is -0.337 e. The second kappa shape index (κ2) is 9.38. The second-order valence-corrected chi connectivity index (χ2v) is 5.99. The third-order valence-corrected chi connectivity index (χ3v) is 4.13.